The average Bonchev–Trinajstić information content (AvgIpc) is 3.74. The van der Waals surface area contributed by atoms with Crippen LogP contribution in [0.1, 0.15) is 5.56 Å². The van der Waals surface area contributed by atoms with Crippen molar-refractivity contribution < 1.29 is 0 Å². The van der Waals surface area contributed by atoms with Gasteiger partial charge in [-0.25, -0.2) is 0 Å². The third-order valence-electron chi connectivity index (χ3n) is 10.5. The van der Waals surface area contributed by atoms with E-state index in [1.54, 1.807) is 0 Å². The molecule has 0 saturated heterocycles. The molecule has 3 nitrogen and oxygen atoms in total. The molecule has 1 aliphatic rings. The van der Waals surface area contributed by atoms with Gasteiger partial charge in [0.1, 0.15) is 0 Å². The van der Waals surface area contributed by atoms with Gasteiger partial charge in [0.25, 0.3) is 0 Å². The lowest BCUT2D eigenvalue weighted by Gasteiger charge is -2.27. The van der Waals surface area contributed by atoms with Crippen LogP contribution < -0.4 is 4.90 Å². The van der Waals surface area contributed by atoms with Crippen molar-refractivity contribution in [3.8, 4) is 22.5 Å². The Kier molecular flexibility index (Phi) is 7.04. The van der Waals surface area contributed by atoms with E-state index in [0.717, 1.165) is 45.9 Å². The van der Waals surface area contributed by atoms with Crippen LogP contribution >= 0.6 is 0 Å². The first-order chi connectivity index (χ1) is 25.7. The van der Waals surface area contributed by atoms with E-state index in [9.17, 15) is 0 Å². The van der Waals surface area contributed by atoms with Crippen LogP contribution in [0.3, 0.4) is 0 Å². The number of para-hydroxylation sites is 3. The minimum atomic E-state index is 0.727. The SMILES string of the molecule is C=C1/C=C\C=C/CN(c2ccc(-n3c4ccccc4c4ccccc43)cc2)c2ccc3c(c21)c1ccccc1n3-c1ccc(-c2ccccc2)cc1. The Morgan fingerprint density at radius 1 is 0.423 bits per heavy atom. The molecule has 2 aromatic heterocycles. The Labute approximate surface area is 302 Å². The Balaban J connectivity index is 1.13. The largest absolute Gasteiger partial charge is 0.337 e. The standard InChI is InChI=1S/C49H35N3/c1-34-14-4-3-13-33-50(37-27-29-39(30-28-37)51-43-20-10-7-17-40(43)41-18-8-11-21-44(41)51)46-31-32-47-49(48(34)46)42-19-9-12-22-45(42)52(47)38-25-23-36(24-26-38)35-15-5-2-6-16-35/h2-32H,1,33H2/b13-3-,14-4-. The second-order valence-corrected chi connectivity index (χ2v) is 13.4. The molecule has 0 amide bonds. The fourth-order valence-electron chi connectivity index (χ4n) is 8.14. The van der Waals surface area contributed by atoms with Gasteiger partial charge < -0.3 is 14.0 Å². The van der Waals surface area contributed by atoms with Crippen LogP contribution in [0, 0.1) is 0 Å². The highest BCUT2D eigenvalue weighted by molar-refractivity contribution is 6.17. The van der Waals surface area contributed by atoms with Gasteiger partial charge in [0.05, 0.1) is 27.8 Å². The van der Waals surface area contributed by atoms with Gasteiger partial charge in [-0.05, 0) is 83.4 Å². The summed E-state index contributed by atoms with van der Waals surface area (Å²) in [6, 6.07) is 59.2. The Bertz CT molecular complexity index is 2810. The van der Waals surface area contributed by atoms with E-state index >= 15 is 0 Å². The van der Waals surface area contributed by atoms with Crippen molar-refractivity contribution in [2.45, 2.75) is 0 Å². The number of hydrogen-bond acceptors (Lipinski definition) is 1. The van der Waals surface area contributed by atoms with Gasteiger partial charge in [-0.15, -0.1) is 0 Å². The van der Waals surface area contributed by atoms with Crippen LogP contribution in [-0.4, -0.2) is 15.7 Å². The van der Waals surface area contributed by atoms with E-state index in [0.29, 0.717) is 0 Å². The number of hydrogen-bond donors (Lipinski definition) is 0. The van der Waals surface area contributed by atoms with Crippen LogP contribution in [0.2, 0.25) is 0 Å². The zero-order valence-corrected chi connectivity index (χ0v) is 28.7. The molecule has 0 bridgehead atoms. The topological polar surface area (TPSA) is 13.1 Å². The normalized spacial score (nSPS) is 14.4. The molecule has 10 rings (SSSR count). The van der Waals surface area contributed by atoms with E-state index in [1.165, 1.54) is 49.2 Å². The first-order valence-electron chi connectivity index (χ1n) is 17.9. The number of allylic oxidation sites excluding steroid dienone is 4. The molecule has 0 N–H and O–H groups in total. The van der Waals surface area contributed by atoms with Crippen molar-refractivity contribution >= 4 is 60.6 Å². The summed E-state index contributed by atoms with van der Waals surface area (Å²) in [4.78, 5) is 2.42. The maximum atomic E-state index is 4.66. The molecule has 7 aromatic carbocycles. The Morgan fingerprint density at radius 2 is 0.942 bits per heavy atom. The molecule has 0 fully saturated rings. The lowest BCUT2D eigenvalue weighted by atomic mass is 9.97. The summed E-state index contributed by atoms with van der Waals surface area (Å²) in [6.07, 6.45) is 8.61. The number of benzene rings is 7. The van der Waals surface area contributed by atoms with Gasteiger partial charge in [0.2, 0.25) is 0 Å². The van der Waals surface area contributed by atoms with Crippen LogP contribution in [-0.2, 0) is 0 Å². The van der Waals surface area contributed by atoms with Crippen molar-refractivity contribution in [1.82, 2.24) is 9.13 Å². The van der Waals surface area contributed by atoms with Crippen molar-refractivity contribution in [1.29, 1.82) is 0 Å². The van der Waals surface area contributed by atoms with Crippen LogP contribution in [0.5, 0.6) is 0 Å². The smallest absolute Gasteiger partial charge is 0.0548 e. The highest BCUT2D eigenvalue weighted by Crippen LogP contribution is 2.44. The molecule has 0 aliphatic carbocycles. The van der Waals surface area contributed by atoms with Gasteiger partial charge >= 0.3 is 0 Å². The Hall–Kier alpha value is -6.84. The molecule has 0 saturated carbocycles. The zero-order chi connectivity index (χ0) is 34.6. The molecule has 3 heterocycles. The lowest BCUT2D eigenvalue weighted by Crippen LogP contribution is -2.18. The molecule has 246 valence electrons. The van der Waals surface area contributed by atoms with E-state index in [4.69, 9.17) is 0 Å². The average molecular weight is 666 g/mol. The third-order valence-corrected chi connectivity index (χ3v) is 10.5. The fourth-order valence-corrected chi connectivity index (χ4v) is 8.14. The van der Waals surface area contributed by atoms with Gasteiger partial charge in [0.15, 0.2) is 0 Å². The first kappa shape index (κ1) is 30.0. The van der Waals surface area contributed by atoms with E-state index in [-0.39, 0.29) is 0 Å². The summed E-state index contributed by atoms with van der Waals surface area (Å²) in [5.41, 5.74) is 13.9. The Morgan fingerprint density at radius 3 is 1.62 bits per heavy atom. The first-order valence-corrected chi connectivity index (χ1v) is 17.9. The monoisotopic (exact) mass is 665 g/mol. The maximum Gasteiger partial charge on any atom is 0.0548 e. The maximum absolute atomic E-state index is 4.66. The highest BCUT2D eigenvalue weighted by Gasteiger charge is 2.23. The summed E-state index contributed by atoms with van der Waals surface area (Å²) in [7, 11) is 0. The number of anilines is 2. The number of fused-ring (bicyclic) bond motifs is 8. The van der Waals surface area contributed by atoms with Gasteiger partial charge in [0, 0.05) is 50.7 Å². The molecule has 3 heteroatoms. The lowest BCUT2D eigenvalue weighted by molar-refractivity contribution is 1.09. The molecule has 0 radical (unpaired) electrons. The molecular formula is C49H35N3. The predicted octanol–water partition coefficient (Wildman–Crippen LogP) is 12.8. The van der Waals surface area contributed by atoms with Crippen molar-refractivity contribution in [3.63, 3.8) is 0 Å². The van der Waals surface area contributed by atoms with Gasteiger partial charge in [-0.1, -0.05) is 128 Å². The second-order valence-electron chi connectivity index (χ2n) is 13.4. The molecule has 0 spiro atoms. The summed E-state index contributed by atoms with van der Waals surface area (Å²) in [6.45, 7) is 5.38. The zero-order valence-electron chi connectivity index (χ0n) is 28.7. The van der Waals surface area contributed by atoms with Gasteiger partial charge in [-0.3, -0.25) is 0 Å². The second kappa shape index (κ2) is 12.2. The fraction of sp³-hybridized carbons (Fsp3) is 0.0204. The summed E-state index contributed by atoms with van der Waals surface area (Å²) in [5.74, 6) is 0. The minimum Gasteiger partial charge on any atom is -0.337 e. The molecule has 52 heavy (non-hydrogen) atoms. The third kappa shape index (κ3) is 4.74. The molecular weight excluding hydrogens is 631 g/mol. The van der Waals surface area contributed by atoms with Crippen LogP contribution in [0.15, 0.2) is 195 Å². The molecule has 9 aromatic rings. The quantitative estimate of drug-likeness (QED) is 0.182. The van der Waals surface area contributed by atoms with E-state index in [1.807, 2.05) is 0 Å². The number of rotatable bonds is 4. The highest BCUT2D eigenvalue weighted by atomic mass is 15.1. The number of nitrogens with zero attached hydrogens (tertiary/aromatic N) is 3. The van der Waals surface area contributed by atoms with E-state index in [2.05, 4.69) is 209 Å². The number of aromatic nitrogens is 2. The van der Waals surface area contributed by atoms with Crippen LogP contribution in [0.25, 0.3) is 71.7 Å². The molecule has 0 unspecified atom stereocenters. The molecule has 0 atom stereocenters. The van der Waals surface area contributed by atoms with Crippen LogP contribution in [0.4, 0.5) is 11.4 Å². The van der Waals surface area contributed by atoms with Gasteiger partial charge in [-0.2, -0.15) is 0 Å². The predicted molar refractivity (Wildman–Crippen MR) is 221 cm³/mol. The minimum absolute atomic E-state index is 0.727. The van der Waals surface area contributed by atoms with Crippen molar-refractivity contribution in [3.05, 3.63) is 200 Å². The van der Waals surface area contributed by atoms with E-state index < -0.39 is 0 Å². The summed E-state index contributed by atoms with van der Waals surface area (Å²) >= 11 is 0. The summed E-state index contributed by atoms with van der Waals surface area (Å²) < 4.78 is 4.77. The molecule has 1 aliphatic heterocycles. The van der Waals surface area contributed by atoms with Crippen molar-refractivity contribution in [2.75, 3.05) is 11.4 Å². The summed E-state index contributed by atoms with van der Waals surface area (Å²) in [5, 5.41) is 4.96. The van der Waals surface area contributed by atoms with Crippen molar-refractivity contribution in [2.24, 2.45) is 0 Å².